The Balaban J connectivity index is 0.873. The van der Waals surface area contributed by atoms with E-state index in [1.807, 2.05) is 0 Å². The molecule has 5 aliphatic rings. The molecular formula is C58H49N. The van der Waals surface area contributed by atoms with Gasteiger partial charge in [0.25, 0.3) is 0 Å². The lowest BCUT2D eigenvalue weighted by Gasteiger charge is -2.36. The molecular weight excluding hydrogens is 711 g/mol. The Morgan fingerprint density at radius 2 is 1.05 bits per heavy atom. The molecule has 2 fully saturated rings. The Morgan fingerprint density at radius 3 is 1.73 bits per heavy atom. The molecule has 0 aliphatic heterocycles. The molecule has 5 atom stereocenters. The van der Waals surface area contributed by atoms with Gasteiger partial charge in [-0.05, 0) is 152 Å². The normalized spacial score (nSPS) is 23.6. The molecule has 1 spiro atoms. The van der Waals surface area contributed by atoms with Crippen LogP contribution in [0.15, 0.2) is 188 Å². The number of allylic oxidation sites excluding steroid dienone is 4. The van der Waals surface area contributed by atoms with Gasteiger partial charge in [0.15, 0.2) is 0 Å². The zero-order chi connectivity index (χ0) is 39.3. The van der Waals surface area contributed by atoms with Crippen LogP contribution in [0.4, 0.5) is 17.1 Å². The average Bonchev–Trinajstić information content (AvgIpc) is 4.04. The average molecular weight is 760 g/mol. The number of hydrogen-bond acceptors (Lipinski definition) is 1. The minimum atomic E-state index is 0.0402. The van der Waals surface area contributed by atoms with E-state index in [1.54, 1.807) is 11.1 Å². The van der Waals surface area contributed by atoms with Crippen LogP contribution in [0.2, 0.25) is 0 Å². The summed E-state index contributed by atoms with van der Waals surface area (Å²) in [4.78, 5) is 2.43. The predicted octanol–water partition coefficient (Wildman–Crippen LogP) is 15.4. The van der Waals surface area contributed by atoms with E-state index in [2.05, 4.69) is 207 Å². The van der Waals surface area contributed by atoms with Gasteiger partial charge in [0.1, 0.15) is 0 Å². The molecule has 5 aliphatic carbocycles. The van der Waals surface area contributed by atoms with Crippen LogP contribution in [-0.2, 0) is 10.8 Å². The minimum absolute atomic E-state index is 0.0402. The summed E-state index contributed by atoms with van der Waals surface area (Å²) in [6.07, 6.45) is 14.7. The monoisotopic (exact) mass is 759 g/mol. The Morgan fingerprint density at radius 1 is 0.475 bits per heavy atom. The second kappa shape index (κ2) is 13.2. The van der Waals surface area contributed by atoms with Crippen molar-refractivity contribution in [1.82, 2.24) is 0 Å². The van der Waals surface area contributed by atoms with Crippen LogP contribution in [0.3, 0.4) is 0 Å². The van der Waals surface area contributed by atoms with Gasteiger partial charge in [-0.3, -0.25) is 0 Å². The van der Waals surface area contributed by atoms with Crippen molar-refractivity contribution in [3.8, 4) is 44.5 Å². The fourth-order valence-corrected chi connectivity index (χ4v) is 12.4. The quantitative estimate of drug-likeness (QED) is 0.163. The number of rotatable bonds is 6. The van der Waals surface area contributed by atoms with Crippen molar-refractivity contribution < 1.29 is 0 Å². The molecule has 0 saturated heterocycles. The SMILES string of the molecule is CC1(C)c2cc(N(c3ccc(-c4ccccc4)cc3)c3ccc(-c4ccc(-c5ccc6c(c5)C5(CC7CCC5C7)c5ccccc5-6)cc4)cc3)ccc2C2C=CC=CC21. The van der Waals surface area contributed by atoms with Crippen molar-refractivity contribution in [1.29, 1.82) is 0 Å². The zero-order valence-electron chi connectivity index (χ0n) is 34.0. The number of nitrogens with zero attached hydrogens (tertiary/aromatic N) is 1. The number of hydrogen-bond donors (Lipinski definition) is 0. The van der Waals surface area contributed by atoms with Crippen molar-refractivity contribution in [3.63, 3.8) is 0 Å². The third kappa shape index (κ3) is 5.30. The van der Waals surface area contributed by atoms with Gasteiger partial charge < -0.3 is 4.90 Å². The predicted molar refractivity (Wildman–Crippen MR) is 247 cm³/mol. The third-order valence-electron chi connectivity index (χ3n) is 15.3. The molecule has 1 heteroatoms. The van der Waals surface area contributed by atoms with Crippen LogP contribution in [0, 0.1) is 17.8 Å². The van der Waals surface area contributed by atoms with Crippen molar-refractivity contribution in [2.75, 3.05) is 4.90 Å². The van der Waals surface area contributed by atoms with Crippen LogP contribution in [0.1, 0.15) is 67.7 Å². The lowest BCUT2D eigenvalue weighted by molar-refractivity contribution is 0.327. The summed E-state index contributed by atoms with van der Waals surface area (Å²) < 4.78 is 0. The van der Waals surface area contributed by atoms with Gasteiger partial charge in [0.2, 0.25) is 0 Å². The third-order valence-corrected chi connectivity index (χ3v) is 15.3. The lowest BCUT2D eigenvalue weighted by Crippen LogP contribution is -2.31. The van der Waals surface area contributed by atoms with E-state index < -0.39 is 0 Å². The Kier molecular flexibility index (Phi) is 7.77. The smallest absolute Gasteiger partial charge is 0.0464 e. The Hall–Kier alpha value is -6.18. The number of fused-ring (bicyclic) bond motifs is 11. The highest BCUT2D eigenvalue weighted by molar-refractivity contribution is 5.85. The van der Waals surface area contributed by atoms with Gasteiger partial charge in [-0.25, -0.2) is 0 Å². The zero-order valence-corrected chi connectivity index (χ0v) is 34.0. The molecule has 59 heavy (non-hydrogen) atoms. The molecule has 286 valence electrons. The maximum absolute atomic E-state index is 2.56. The first-order valence-corrected chi connectivity index (χ1v) is 21.9. The van der Waals surface area contributed by atoms with Crippen LogP contribution >= 0.6 is 0 Å². The van der Waals surface area contributed by atoms with Gasteiger partial charge in [-0.15, -0.1) is 0 Å². The van der Waals surface area contributed by atoms with E-state index in [0.29, 0.717) is 11.8 Å². The highest BCUT2D eigenvalue weighted by Crippen LogP contribution is 2.66. The first-order chi connectivity index (χ1) is 29.0. The van der Waals surface area contributed by atoms with Crippen LogP contribution in [-0.4, -0.2) is 0 Å². The second-order valence-corrected chi connectivity index (χ2v) is 18.5. The van der Waals surface area contributed by atoms with E-state index in [1.165, 1.54) is 87.0 Å². The van der Waals surface area contributed by atoms with E-state index in [4.69, 9.17) is 0 Å². The molecule has 5 unspecified atom stereocenters. The highest BCUT2D eigenvalue weighted by atomic mass is 15.1. The summed E-state index contributed by atoms with van der Waals surface area (Å²) in [7, 11) is 0. The van der Waals surface area contributed by atoms with Gasteiger partial charge in [-0.1, -0.05) is 166 Å². The van der Waals surface area contributed by atoms with E-state index in [0.717, 1.165) is 23.2 Å². The molecule has 7 aromatic carbocycles. The fourth-order valence-electron chi connectivity index (χ4n) is 12.4. The number of benzene rings is 7. The summed E-state index contributed by atoms with van der Waals surface area (Å²) in [6, 6.07) is 62.0. The first kappa shape index (κ1) is 34.8. The Labute approximate surface area is 349 Å². The molecule has 12 rings (SSSR count). The van der Waals surface area contributed by atoms with E-state index in [9.17, 15) is 0 Å². The molecule has 0 aromatic heterocycles. The topological polar surface area (TPSA) is 3.24 Å². The second-order valence-electron chi connectivity index (χ2n) is 18.5. The van der Waals surface area contributed by atoms with E-state index in [-0.39, 0.29) is 10.8 Å². The summed E-state index contributed by atoms with van der Waals surface area (Å²) in [5, 5.41) is 0. The molecule has 0 N–H and O–H groups in total. The number of anilines is 3. The van der Waals surface area contributed by atoms with E-state index >= 15 is 0 Å². The van der Waals surface area contributed by atoms with Crippen molar-refractivity contribution in [2.24, 2.45) is 17.8 Å². The van der Waals surface area contributed by atoms with Crippen molar-refractivity contribution >= 4 is 17.1 Å². The molecule has 0 amide bonds. The van der Waals surface area contributed by atoms with Crippen LogP contribution in [0.25, 0.3) is 44.5 Å². The van der Waals surface area contributed by atoms with Gasteiger partial charge in [-0.2, -0.15) is 0 Å². The Bertz CT molecular complexity index is 2800. The molecule has 7 aromatic rings. The van der Waals surface area contributed by atoms with Gasteiger partial charge in [0, 0.05) is 28.4 Å². The summed E-state index contributed by atoms with van der Waals surface area (Å²) >= 11 is 0. The summed E-state index contributed by atoms with van der Waals surface area (Å²) in [5.74, 6) is 2.55. The highest BCUT2D eigenvalue weighted by Gasteiger charge is 2.56. The molecule has 0 radical (unpaired) electrons. The summed E-state index contributed by atoms with van der Waals surface area (Å²) in [6.45, 7) is 4.84. The molecule has 2 bridgehead atoms. The van der Waals surface area contributed by atoms with Crippen LogP contribution < -0.4 is 4.90 Å². The summed E-state index contributed by atoms with van der Waals surface area (Å²) in [5.41, 5.74) is 20.3. The van der Waals surface area contributed by atoms with Crippen molar-refractivity contribution in [3.05, 3.63) is 210 Å². The maximum Gasteiger partial charge on any atom is 0.0464 e. The molecule has 1 nitrogen and oxygen atoms in total. The first-order valence-electron chi connectivity index (χ1n) is 21.9. The van der Waals surface area contributed by atoms with Crippen LogP contribution in [0.5, 0.6) is 0 Å². The van der Waals surface area contributed by atoms with Gasteiger partial charge in [0.05, 0.1) is 0 Å². The lowest BCUT2D eigenvalue weighted by atomic mass is 9.66. The van der Waals surface area contributed by atoms with Gasteiger partial charge >= 0.3 is 0 Å². The minimum Gasteiger partial charge on any atom is -0.310 e. The largest absolute Gasteiger partial charge is 0.310 e. The maximum atomic E-state index is 2.56. The fraction of sp³-hybridized carbons (Fsp3) is 0.207. The van der Waals surface area contributed by atoms with Crippen molar-refractivity contribution in [2.45, 2.75) is 56.3 Å². The molecule has 0 heterocycles. The molecule has 2 saturated carbocycles. The standard InChI is InChI=1S/C58H49N/c1-57(2)53-14-8-6-12-49(53)51-33-31-48(36-55(51)57)59(46-27-21-41(22-28-46)39-10-4-3-5-11-39)47-29-23-42(24-30-47)40-17-19-43(20-18-40)44-25-32-52-50-13-7-9-15-54(50)58(56(52)35-44)37-38-16-26-45(58)34-38/h3-15,17-25,27-33,35-36,38,45,49,53H,16,26,34,37H2,1-2H3.